The van der Waals surface area contributed by atoms with Gasteiger partial charge in [0.05, 0.1) is 12.6 Å². The van der Waals surface area contributed by atoms with Crippen molar-refractivity contribution in [3.63, 3.8) is 0 Å². The number of ether oxygens (including phenoxy) is 1. The van der Waals surface area contributed by atoms with Gasteiger partial charge in [-0.1, -0.05) is 13.8 Å². The van der Waals surface area contributed by atoms with Gasteiger partial charge in [0.25, 0.3) is 0 Å². The van der Waals surface area contributed by atoms with Crippen LogP contribution < -0.4 is 5.32 Å². The Labute approximate surface area is 164 Å². The zero-order chi connectivity index (χ0) is 19.6. The number of fused-ring (bicyclic) bond motifs is 1. The summed E-state index contributed by atoms with van der Waals surface area (Å²) in [4.78, 5) is 23.8. The maximum Gasteiger partial charge on any atom is 0.410 e. The van der Waals surface area contributed by atoms with Gasteiger partial charge in [-0.25, -0.2) is 4.79 Å². The Morgan fingerprint density at radius 3 is 2.78 bits per heavy atom. The van der Waals surface area contributed by atoms with E-state index in [2.05, 4.69) is 29.0 Å². The van der Waals surface area contributed by atoms with Crippen molar-refractivity contribution in [3.8, 4) is 0 Å². The van der Waals surface area contributed by atoms with Crippen LogP contribution in [-0.4, -0.2) is 90.3 Å². The maximum atomic E-state index is 12.3. The van der Waals surface area contributed by atoms with Crippen LogP contribution in [0, 0.1) is 5.92 Å². The molecule has 2 atom stereocenters. The third kappa shape index (κ3) is 5.27. The Kier molecular flexibility index (Phi) is 6.18. The SMILES string of the molecule is CC(C)CN1CCC[C@@H]1CNC1=NCC2CN(C(=O)OC(C)(C)C)CCN12. The van der Waals surface area contributed by atoms with Crippen LogP contribution in [0.4, 0.5) is 4.79 Å². The zero-order valence-electron chi connectivity index (χ0n) is 17.7. The van der Waals surface area contributed by atoms with Crippen LogP contribution in [0.2, 0.25) is 0 Å². The van der Waals surface area contributed by atoms with Crippen molar-refractivity contribution in [2.24, 2.45) is 10.9 Å². The van der Waals surface area contributed by atoms with Crippen molar-refractivity contribution in [1.82, 2.24) is 20.0 Å². The van der Waals surface area contributed by atoms with Gasteiger partial charge in [-0.2, -0.15) is 0 Å². The standard InChI is InChI=1S/C20H37N5O2/c1-15(2)13-23-8-6-7-16(23)11-21-18-22-12-17-14-24(9-10-25(17)18)19(26)27-20(3,4)5/h15-17H,6-14H2,1-5H3,(H,21,22)/t16-,17?/m1/s1. The third-order valence-corrected chi connectivity index (χ3v) is 5.45. The molecule has 3 heterocycles. The van der Waals surface area contributed by atoms with Crippen LogP contribution in [0.5, 0.6) is 0 Å². The van der Waals surface area contributed by atoms with E-state index in [1.165, 1.54) is 25.9 Å². The van der Waals surface area contributed by atoms with Crippen LogP contribution in [0.15, 0.2) is 4.99 Å². The molecule has 3 aliphatic rings. The fourth-order valence-electron chi connectivity index (χ4n) is 4.27. The molecule has 7 nitrogen and oxygen atoms in total. The number of amides is 1. The Morgan fingerprint density at radius 1 is 1.30 bits per heavy atom. The van der Waals surface area contributed by atoms with Gasteiger partial charge >= 0.3 is 6.09 Å². The fraction of sp³-hybridized carbons (Fsp3) is 0.900. The zero-order valence-corrected chi connectivity index (χ0v) is 17.7. The van der Waals surface area contributed by atoms with E-state index < -0.39 is 5.60 Å². The lowest BCUT2D eigenvalue weighted by atomic mass is 10.1. The molecule has 0 spiro atoms. The maximum absolute atomic E-state index is 12.3. The second kappa shape index (κ2) is 8.25. The van der Waals surface area contributed by atoms with Gasteiger partial charge < -0.3 is 19.9 Å². The lowest BCUT2D eigenvalue weighted by Crippen LogP contribution is -2.58. The summed E-state index contributed by atoms with van der Waals surface area (Å²) in [7, 11) is 0. The quantitative estimate of drug-likeness (QED) is 0.809. The summed E-state index contributed by atoms with van der Waals surface area (Å²) in [6, 6.07) is 0.876. The number of likely N-dealkylation sites (tertiary alicyclic amines) is 1. The Bertz CT molecular complexity index is 557. The second-order valence-corrected chi connectivity index (χ2v) is 9.50. The Balaban J connectivity index is 1.47. The highest BCUT2D eigenvalue weighted by molar-refractivity contribution is 5.82. The molecule has 0 radical (unpaired) electrons. The predicted molar refractivity (Wildman–Crippen MR) is 108 cm³/mol. The number of guanidine groups is 1. The van der Waals surface area contributed by atoms with Gasteiger partial charge in [0.2, 0.25) is 0 Å². The molecule has 27 heavy (non-hydrogen) atoms. The number of carbonyl (C=O) groups excluding carboxylic acids is 1. The summed E-state index contributed by atoms with van der Waals surface area (Å²) in [6.07, 6.45) is 2.35. The van der Waals surface area contributed by atoms with Crippen molar-refractivity contribution < 1.29 is 9.53 Å². The molecule has 154 valence electrons. The molecule has 2 saturated heterocycles. The number of nitrogens with zero attached hydrogens (tertiary/aromatic N) is 4. The lowest BCUT2D eigenvalue weighted by Gasteiger charge is -2.39. The van der Waals surface area contributed by atoms with E-state index in [9.17, 15) is 4.79 Å². The van der Waals surface area contributed by atoms with E-state index >= 15 is 0 Å². The molecule has 0 aromatic rings. The van der Waals surface area contributed by atoms with Crippen molar-refractivity contribution in [2.75, 3.05) is 45.8 Å². The van der Waals surface area contributed by atoms with Gasteiger partial charge in [0.15, 0.2) is 5.96 Å². The first kappa shape index (κ1) is 20.2. The first-order valence-corrected chi connectivity index (χ1v) is 10.5. The van der Waals surface area contributed by atoms with Crippen LogP contribution in [0.25, 0.3) is 0 Å². The molecule has 0 bridgehead atoms. The average Bonchev–Trinajstić information content (AvgIpc) is 3.16. The van der Waals surface area contributed by atoms with Crippen LogP contribution in [0.1, 0.15) is 47.5 Å². The minimum atomic E-state index is -0.448. The van der Waals surface area contributed by atoms with E-state index in [0.29, 0.717) is 25.0 Å². The second-order valence-electron chi connectivity index (χ2n) is 9.50. The largest absolute Gasteiger partial charge is 0.444 e. The molecule has 0 saturated carbocycles. The van der Waals surface area contributed by atoms with Gasteiger partial charge in [0.1, 0.15) is 5.60 Å². The van der Waals surface area contributed by atoms with E-state index in [1.54, 1.807) is 0 Å². The fourth-order valence-corrected chi connectivity index (χ4v) is 4.27. The van der Waals surface area contributed by atoms with Gasteiger partial charge in [-0.05, 0) is 46.1 Å². The summed E-state index contributed by atoms with van der Waals surface area (Å²) < 4.78 is 5.52. The molecule has 0 aliphatic carbocycles. The van der Waals surface area contributed by atoms with Crippen molar-refractivity contribution >= 4 is 12.1 Å². The summed E-state index contributed by atoms with van der Waals surface area (Å²) in [6.45, 7) is 16.6. The molecular weight excluding hydrogens is 342 g/mol. The summed E-state index contributed by atoms with van der Waals surface area (Å²) in [5.74, 6) is 1.72. The summed E-state index contributed by atoms with van der Waals surface area (Å²) in [5.41, 5.74) is -0.448. The van der Waals surface area contributed by atoms with Gasteiger partial charge in [-0.15, -0.1) is 0 Å². The topological polar surface area (TPSA) is 60.4 Å². The van der Waals surface area contributed by atoms with Gasteiger partial charge in [0, 0.05) is 38.8 Å². The smallest absolute Gasteiger partial charge is 0.410 e. The molecule has 1 unspecified atom stereocenters. The van der Waals surface area contributed by atoms with Gasteiger partial charge in [-0.3, -0.25) is 9.89 Å². The Hall–Kier alpha value is -1.50. The number of hydrogen-bond acceptors (Lipinski definition) is 6. The molecule has 3 aliphatic heterocycles. The normalized spacial score (nSPS) is 26.4. The first-order valence-electron chi connectivity index (χ1n) is 10.5. The average molecular weight is 380 g/mol. The minimum Gasteiger partial charge on any atom is -0.444 e. The molecule has 1 N–H and O–H groups in total. The Morgan fingerprint density at radius 2 is 2.07 bits per heavy atom. The van der Waals surface area contributed by atoms with Crippen molar-refractivity contribution in [2.45, 2.75) is 65.1 Å². The molecule has 2 fully saturated rings. The predicted octanol–water partition coefficient (Wildman–Crippen LogP) is 1.99. The highest BCUT2D eigenvalue weighted by atomic mass is 16.6. The van der Waals surface area contributed by atoms with Crippen molar-refractivity contribution in [1.29, 1.82) is 0 Å². The highest BCUT2D eigenvalue weighted by Gasteiger charge is 2.37. The molecular formula is C20H37N5O2. The van der Waals surface area contributed by atoms with E-state index in [0.717, 1.165) is 25.6 Å². The molecule has 0 aromatic carbocycles. The first-order chi connectivity index (χ1) is 12.7. The number of piperazine rings is 1. The van der Waals surface area contributed by atoms with Crippen LogP contribution in [-0.2, 0) is 4.74 Å². The molecule has 0 aromatic heterocycles. The third-order valence-electron chi connectivity index (χ3n) is 5.45. The molecule has 3 rings (SSSR count). The molecule has 7 heteroatoms. The minimum absolute atomic E-state index is 0.209. The van der Waals surface area contributed by atoms with E-state index in [-0.39, 0.29) is 12.1 Å². The number of rotatable bonds is 4. The summed E-state index contributed by atoms with van der Waals surface area (Å²) >= 11 is 0. The monoisotopic (exact) mass is 379 g/mol. The number of aliphatic imine (C=N–C) groups is 1. The molecule has 1 amide bonds. The summed E-state index contributed by atoms with van der Waals surface area (Å²) in [5, 5.41) is 3.61. The number of carbonyl (C=O) groups is 1. The number of hydrogen-bond donors (Lipinski definition) is 1. The number of nitrogens with one attached hydrogen (secondary N) is 1. The van der Waals surface area contributed by atoms with Crippen LogP contribution >= 0.6 is 0 Å². The van der Waals surface area contributed by atoms with Crippen molar-refractivity contribution in [3.05, 3.63) is 0 Å². The van der Waals surface area contributed by atoms with E-state index in [4.69, 9.17) is 9.73 Å². The highest BCUT2D eigenvalue weighted by Crippen LogP contribution is 2.20. The van der Waals surface area contributed by atoms with E-state index in [1.807, 2.05) is 25.7 Å². The van der Waals surface area contributed by atoms with Crippen LogP contribution in [0.3, 0.4) is 0 Å². The lowest BCUT2D eigenvalue weighted by molar-refractivity contribution is 0.0137.